The minimum absolute atomic E-state index is 0.0146. The van der Waals surface area contributed by atoms with Gasteiger partial charge >= 0.3 is 31.6 Å². The number of rotatable bonds is 9. The Morgan fingerprint density at radius 1 is 0.180 bits per heavy atom. The van der Waals surface area contributed by atoms with Crippen LogP contribution in [0.15, 0.2) is 317 Å². The second-order valence-electron chi connectivity index (χ2n) is 13.0. The average Bonchev–Trinajstić information content (AvgIpc) is 3.33. The maximum atomic E-state index is 8.60. The summed E-state index contributed by atoms with van der Waals surface area (Å²) in [6.45, 7) is 0. The third-order valence-electron chi connectivity index (χ3n) is 8.81. The molecule has 0 fully saturated rings. The van der Waals surface area contributed by atoms with Crippen molar-refractivity contribution in [3.05, 3.63) is 273 Å². The van der Waals surface area contributed by atoms with Gasteiger partial charge in [-0.1, -0.05) is 164 Å². The van der Waals surface area contributed by atoms with Crippen LogP contribution in [0.25, 0.3) is 0 Å². The van der Waals surface area contributed by atoms with Crippen molar-refractivity contribution in [2.45, 2.75) is 44.1 Å². The molecule has 7 heteroatoms. The largest absolute Gasteiger partial charge is 0.166 e. The molecule has 0 N–H and O–H groups in total. The summed E-state index contributed by atoms with van der Waals surface area (Å²) in [5, 5.41) is 0. The predicted octanol–water partition coefficient (Wildman–Crippen LogP) is 10.4. The Bertz CT molecular complexity index is 1930. The molecule has 61 heavy (non-hydrogen) atoms. The van der Waals surface area contributed by atoms with Crippen molar-refractivity contribution in [1.82, 2.24) is 0 Å². The molecule has 3 nitrogen and oxygen atoms in total. The molecule has 0 spiro atoms. The van der Waals surface area contributed by atoms with E-state index in [0.717, 1.165) is 0 Å². The molecule has 0 aliphatic rings. The van der Waals surface area contributed by atoms with Gasteiger partial charge in [-0.3, -0.25) is 0 Å². The standard InChI is InChI=1S/3C18H15S.3O.Sb/c3*1-4-10-16(11-5-1)19(17-12-6-2-7-13-17)18-14-8-3-9-15-18;;;;/h3*1-15H;;;;/q3*+1;3*-1;. The van der Waals surface area contributed by atoms with E-state index in [1.54, 1.807) is 0 Å². The molecular formula is C54H45O3S3Sb. The number of benzene rings is 9. The molecule has 0 amide bonds. The van der Waals surface area contributed by atoms with Gasteiger partial charge in [0.15, 0.2) is 44.1 Å². The first kappa shape index (κ1) is 45.3. The number of hydrogen-bond donors (Lipinski definition) is 0. The van der Waals surface area contributed by atoms with Crippen molar-refractivity contribution in [3.63, 3.8) is 0 Å². The second kappa shape index (κ2) is 25.5. The van der Waals surface area contributed by atoms with Crippen LogP contribution in [0.3, 0.4) is 0 Å². The van der Waals surface area contributed by atoms with Gasteiger partial charge in [-0.15, -0.1) is 0 Å². The Labute approximate surface area is 378 Å². The minimum atomic E-state index is -4.20. The molecule has 302 valence electrons. The summed E-state index contributed by atoms with van der Waals surface area (Å²) in [5.41, 5.74) is 0. The first-order valence-corrected chi connectivity index (χ1v) is 26.4. The van der Waals surface area contributed by atoms with Crippen LogP contribution in [0, 0.1) is 0 Å². The second-order valence-corrected chi connectivity index (χ2v) is 20.3. The molecule has 0 saturated carbocycles. The summed E-state index contributed by atoms with van der Waals surface area (Å²) in [5.74, 6) is 0. The van der Waals surface area contributed by atoms with Crippen molar-refractivity contribution in [2.24, 2.45) is 0 Å². The van der Waals surface area contributed by atoms with E-state index in [0.29, 0.717) is 0 Å². The molecule has 0 unspecified atom stereocenters. The Kier molecular flexibility index (Phi) is 18.9. The van der Waals surface area contributed by atoms with Gasteiger partial charge in [0.05, 0.1) is 32.7 Å². The molecule has 0 heterocycles. The fraction of sp³-hybridized carbons (Fsp3) is 0. The molecule has 0 aromatic heterocycles. The van der Waals surface area contributed by atoms with E-state index in [1.807, 2.05) is 0 Å². The van der Waals surface area contributed by atoms with Crippen LogP contribution in [0.4, 0.5) is 0 Å². The van der Waals surface area contributed by atoms with E-state index < -0.39 is 21.5 Å². The van der Waals surface area contributed by atoms with E-state index in [2.05, 4.69) is 273 Å². The fourth-order valence-corrected chi connectivity index (χ4v) is 12.5. The Morgan fingerprint density at radius 3 is 0.344 bits per heavy atom. The summed E-state index contributed by atoms with van der Waals surface area (Å²) in [4.78, 5) is 12.2. The van der Waals surface area contributed by atoms with Gasteiger partial charge in [-0.2, -0.15) is 0 Å². The van der Waals surface area contributed by atoms with Gasteiger partial charge in [0.2, 0.25) is 0 Å². The van der Waals surface area contributed by atoms with Crippen LogP contribution in [0.1, 0.15) is 0 Å². The Hall–Kier alpha value is -5.27. The van der Waals surface area contributed by atoms with Crippen molar-refractivity contribution in [2.75, 3.05) is 0 Å². The van der Waals surface area contributed by atoms with Crippen LogP contribution in [0.5, 0.6) is 0 Å². The average molecular weight is 960 g/mol. The van der Waals surface area contributed by atoms with Crippen molar-refractivity contribution in [3.8, 4) is 0 Å². The van der Waals surface area contributed by atoms with E-state index in [4.69, 9.17) is 10.2 Å². The van der Waals surface area contributed by atoms with E-state index >= 15 is 0 Å². The summed E-state index contributed by atoms with van der Waals surface area (Å²) in [7, 11) is -0.0439. The van der Waals surface area contributed by atoms with Crippen LogP contribution in [0.2, 0.25) is 0 Å². The first-order chi connectivity index (χ1) is 30.1. The Balaban J connectivity index is 0.000000146. The molecule has 0 radical (unpaired) electrons. The number of hydrogen-bond acceptors (Lipinski definition) is 3. The molecule has 9 rings (SSSR count). The zero-order chi connectivity index (χ0) is 42.3. The third-order valence-corrected chi connectivity index (χ3v) is 15.5. The zero-order valence-corrected chi connectivity index (χ0v) is 38.4. The maximum absolute atomic E-state index is 8.60. The summed E-state index contributed by atoms with van der Waals surface area (Å²) in [6.07, 6.45) is 0. The molecule has 0 bridgehead atoms. The van der Waals surface area contributed by atoms with Gasteiger partial charge < -0.3 is 0 Å². The van der Waals surface area contributed by atoms with Crippen LogP contribution in [-0.2, 0) is 32.7 Å². The quantitative estimate of drug-likeness (QED) is 0.107. The molecule has 0 aliphatic heterocycles. The molecule has 0 atom stereocenters. The molecular weight excluding hydrogens is 915 g/mol. The maximum Gasteiger partial charge on any atom is 0.166 e. The normalized spacial score (nSPS) is 10.5. The van der Waals surface area contributed by atoms with Crippen LogP contribution in [-0.4, -0.2) is 21.5 Å². The zero-order valence-electron chi connectivity index (χ0n) is 33.4. The van der Waals surface area contributed by atoms with Gasteiger partial charge in [-0.05, 0) is 109 Å². The van der Waals surface area contributed by atoms with Crippen molar-refractivity contribution < 1.29 is 10.2 Å². The smallest absolute Gasteiger partial charge is 0.0619 e. The molecule has 9 aromatic rings. The van der Waals surface area contributed by atoms with Crippen LogP contribution < -0.4 is 10.2 Å². The monoisotopic (exact) mass is 958 g/mol. The van der Waals surface area contributed by atoms with Gasteiger partial charge in [-0.25, -0.2) is 0 Å². The third kappa shape index (κ3) is 14.4. The topological polar surface area (TPSA) is 69.2 Å². The van der Waals surface area contributed by atoms with Crippen LogP contribution >= 0.6 is 0 Å². The molecule has 0 saturated heterocycles. The fourth-order valence-electron chi connectivity index (χ4n) is 6.23. The molecule has 0 aliphatic carbocycles. The summed E-state index contributed by atoms with van der Waals surface area (Å²) < 4.78 is 25.8. The minimum Gasteiger partial charge on any atom is -0.0619 e. The van der Waals surface area contributed by atoms with E-state index in [-0.39, 0.29) is 32.7 Å². The van der Waals surface area contributed by atoms with Gasteiger partial charge in [0.25, 0.3) is 0 Å². The van der Waals surface area contributed by atoms with E-state index in [9.17, 15) is 0 Å². The van der Waals surface area contributed by atoms with E-state index in [1.165, 1.54) is 44.1 Å². The van der Waals surface area contributed by atoms with Gasteiger partial charge in [0, 0.05) is 0 Å². The van der Waals surface area contributed by atoms with Crippen molar-refractivity contribution in [1.29, 1.82) is 0 Å². The summed E-state index contributed by atoms with van der Waals surface area (Å²) in [6, 6.07) is 96.5. The summed E-state index contributed by atoms with van der Waals surface area (Å²) >= 11 is -4.20. The predicted molar refractivity (Wildman–Crippen MR) is 250 cm³/mol. The van der Waals surface area contributed by atoms with Crippen molar-refractivity contribution >= 4 is 54.2 Å². The molecule has 9 aromatic carbocycles. The SMILES string of the molecule is [O-][Sb]([O-])[O-].c1ccc([S+](c2ccccc2)c2ccccc2)cc1.c1ccc([S+](c2ccccc2)c2ccccc2)cc1.c1ccc([S+](c2ccccc2)c2ccccc2)cc1. The first-order valence-electron chi connectivity index (χ1n) is 19.6. The van der Waals surface area contributed by atoms with Gasteiger partial charge in [0.1, 0.15) is 0 Å². The Morgan fingerprint density at radius 2 is 0.262 bits per heavy atom.